The molecule has 1 N–H and O–H groups in total. The zero-order valence-electron chi connectivity index (χ0n) is 5.35. The Morgan fingerprint density at radius 3 is 3.12 bits per heavy atom. The highest BCUT2D eigenvalue weighted by Gasteiger charge is 2.12. The monoisotopic (exact) mass is 113 g/mol. The van der Waals surface area contributed by atoms with Crippen LogP contribution in [0.25, 0.3) is 0 Å². The Labute approximate surface area is 50.7 Å². The van der Waals surface area contributed by atoms with Gasteiger partial charge >= 0.3 is 0 Å². The highest BCUT2D eigenvalue weighted by molar-refractivity contribution is 4.73. The summed E-state index contributed by atoms with van der Waals surface area (Å²) >= 11 is 0. The molecule has 1 aliphatic rings. The van der Waals surface area contributed by atoms with Gasteiger partial charge in [0.05, 0.1) is 6.67 Å². The average Bonchev–Trinajstić information content (AvgIpc) is 2.19. The van der Waals surface area contributed by atoms with E-state index in [-0.39, 0.29) is 0 Å². The molecule has 1 aliphatic heterocycles. The van der Waals surface area contributed by atoms with E-state index in [0.29, 0.717) is 6.04 Å². The summed E-state index contributed by atoms with van der Waals surface area (Å²) in [6, 6.07) is 0.625. The average molecular weight is 113 g/mol. The van der Waals surface area contributed by atoms with Gasteiger partial charge in [-0.1, -0.05) is 13.3 Å². The molecular formula is C6H13N2. The fourth-order valence-corrected chi connectivity index (χ4v) is 1.02. The third-order valence-corrected chi connectivity index (χ3v) is 1.46. The Morgan fingerprint density at radius 1 is 1.75 bits per heavy atom. The van der Waals surface area contributed by atoms with Crippen molar-refractivity contribution < 1.29 is 0 Å². The summed E-state index contributed by atoms with van der Waals surface area (Å²) in [5, 5.41) is 7.50. The van der Waals surface area contributed by atoms with Gasteiger partial charge in [0.1, 0.15) is 0 Å². The minimum absolute atomic E-state index is 0.625. The summed E-state index contributed by atoms with van der Waals surface area (Å²) in [6.07, 6.45) is 2.52. The van der Waals surface area contributed by atoms with Gasteiger partial charge in [-0.05, 0) is 6.42 Å². The van der Waals surface area contributed by atoms with E-state index in [2.05, 4.69) is 17.6 Å². The molecule has 8 heavy (non-hydrogen) atoms. The smallest absolute Gasteiger partial charge is 0.0628 e. The van der Waals surface area contributed by atoms with Crippen molar-refractivity contribution in [3.8, 4) is 0 Å². The molecular weight excluding hydrogens is 100 g/mol. The van der Waals surface area contributed by atoms with Gasteiger partial charge in [0.15, 0.2) is 0 Å². The van der Waals surface area contributed by atoms with Crippen molar-refractivity contribution >= 4 is 0 Å². The first-order valence-electron chi connectivity index (χ1n) is 3.31. The number of hydrogen-bond donors (Lipinski definition) is 1. The molecule has 0 aromatic carbocycles. The molecule has 1 atom stereocenters. The van der Waals surface area contributed by atoms with Gasteiger partial charge < -0.3 is 5.32 Å². The maximum absolute atomic E-state index is 4.31. The molecule has 0 bridgehead atoms. The molecule has 1 fully saturated rings. The zero-order chi connectivity index (χ0) is 5.82. The second-order valence-electron chi connectivity index (χ2n) is 2.24. The van der Waals surface area contributed by atoms with Crippen molar-refractivity contribution in [2.45, 2.75) is 25.8 Å². The molecule has 0 aliphatic carbocycles. The minimum atomic E-state index is 0.625. The Morgan fingerprint density at radius 2 is 2.62 bits per heavy atom. The number of hydrogen-bond acceptors (Lipinski definition) is 1. The van der Waals surface area contributed by atoms with Crippen molar-refractivity contribution in [2.24, 2.45) is 0 Å². The Balaban J connectivity index is 2.06. The van der Waals surface area contributed by atoms with Crippen LogP contribution in [0, 0.1) is 0 Å². The highest BCUT2D eigenvalue weighted by Crippen LogP contribution is 1.98. The van der Waals surface area contributed by atoms with E-state index in [1.807, 2.05) is 0 Å². The molecule has 0 aromatic heterocycles. The fraction of sp³-hybridized carbons (Fsp3) is 1.00. The molecule has 0 spiro atoms. The molecule has 47 valence electrons. The van der Waals surface area contributed by atoms with Gasteiger partial charge in [0.2, 0.25) is 0 Å². The lowest BCUT2D eigenvalue weighted by Crippen LogP contribution is -2.16. The standard InChI is InChI=1S/C6H13N2/c1-2-3-6-4-7-5-8-6/h6-7H,2-5H2,1H3. The molecule has 0 saturated carbocycles. The third kappa shape index (κ3) is 1.46. The molecule has 1 heterocycles. The summed E-state index contributed by atoms with van der Waals surface area (Å²) in [5.74, 6) is 0. The van der Waals surface area contributed by atoms with Gasteiger partial charge in [-0.2, -0.15) is 0 Å². The van der Waals surface area contributed by atoms with E-state index >= 15 is 0 Å². The highest BCUT2D eigenvalue weighted by atomic mass is 15.2. The van der Waals surface area contributed by atoms with Crippen molar-refractivity contribution in [1.82, 2.24) is 10.6 Å². The minimum Gasteiger partial charge on any atom is -0.302 e. The number of nitrogens with one attached hydrogen (secondary N) is 1. The van der Waals surface area contributed by atoms with E-state index in [1.165, 1.54) is 12.8 Å². The molecule has 1 unspecified atom stereocenters. The lowest BCUT2D eigenvalue weighted by atomic mass is 10.2. The zero-order valence-corrected chi connectivity index (χ0v) is 5.35. The van der Waals surface area contributed by atoms with Crippen molar-refractivity contribution in [1.29, 1.82) is 0 Å². The first-order chi connectivity index (χ1) is 3.93. The van der Waals surface area contributed by atoms with E-state index in [0.717, 1.165) is 13.2 Å². The summed E-state index contributed by atoms with van der Waals surface area (Å²) in [6.45, 7) is 4.19. The van der Waals surface area contributed by atoms with Crippen molar-refractivity contribution in [3.05, 3.63) is 0 Å². The predicted octanol–water partition coefficient (Wildman–Crippen LogP) is 0.320. The molecule has 2 heteroatoms. The van der Waals surface area contributed by atoms with Crippen LogP contribution >= 0.6 is 0 Å². The molecule has 1 saturated heterocycles. The fourth-order valence-electron chi connectivity index (χ4n) is 1.02. The number of rotatable bonds is 2. The Bertz CT molecular complexity index is 57.5. The molecule has 0 amide bonds. The summed E-state index contributed by atoms with van der Waals surface area (Å²) in [7, 11) is 0. The van der Waals surface area contributed by atoms with Crippen LogP contribution in [-0.2, 0) is 0 Å². The maximum atomic E-state index is 4.31. The van der Waals surface area contributed by atoms with Crippen LogP contribution in [0.2, 0.25) is 0 Å². The lowest BCUT2D eigenvalue weighted by molar-refractivity contribution is 0.565. The van der Waals surface area contributed by atoms with Gasteiger partial charge in [-0.25, -0.2) is 5.32 Å². The van der Waals surface area contributed by atoms with Crippen LogP contribution in [0.1, 0.15) is 19.8 Å². The van der Waals surface area contributed by atoms with Crippen LogP contribution < -0.4 is 10.6 Å². The Hall–Kier alpha value is -0.0800. The second-order valence-corrected chi connectivity index (χ2v) is 2.24. The summed E-state index contributed by atoms with van der Waals surface area (Å²) in [4.78, 5) is 0. The molecule has 1 radical (unpaired) electrons. The van der Waals surface area contributed by atoms with Crippen LogP contribution in [0.4, 0.5) is 0 Å². The normalized spacial score (nSPS) is 28.9. The van der Waals surface area contributed by atoms with Crippen LogP contribution in [0.5, 0.6) is 0 Å². The lowest BCUT2D eigenvalue weighted by Gasteiger charge is -2.02. The predicted molar refractivity (Wildman–Crippen MR) is 33.7 cm³/mol. The number of nitrogens with zero attached hydrogens (tertiary/aromatic N) is 1. The topological polar surface area (TPSA) is 26.1 Å². The first kappa shape index (κ1) is 6.05. The quantitative estimate of drug-likeness (QED) is 0.548. The summed E-state index contributed by atoms with van der Waals surface area (Å²) in [5.41, 5.74) is 0. The van der Waals surface area contributed by atoms with Crippen molar-refractivity contribution in [3.63, 3.8) is 0 Å². The Kier molecular flexibility index (Phi) is 2.30. The van der Waals surface area contributed by atoms with E-state index in [1.54, 1.807) is 0 Å². The van der Waals surface area contributed by atoms with E-state index in [4.69, 9.17) is 0 Å². The molecule has 2 nitrogen and oxygen atoms in total. The van der Waals surface area contributed by atoms with Crippen molar-refractivity contribution in [2.75, 3.05) is 13.2 Å². The van der Waals surface area contributed by atoms with E-state index in [9.17, 15) is 0 Å². The van der Waals surface area contributed by atoms with Crippen LogP contribution in [-0.4, -0.2) is 19.3 Å². The van der Waals surface area contributed by atoms with Gasteiger partial charge in [0.25, 0.3) is 0 Å². The SMILES string of the molecule is CCCC1CNC[N]1. The van der Waals surface area contributed by atoms with Crippen LogP contribution in [0.3, 0.4) is 0 Å². The molecule has 0 aromatic rings. The largest absolute Gasteiger partial charge is 0.302 e. The van der Waals surface area contributed by atoms with Gasteiger partial charge in [0, 0.05) is 12.6 Å². The van der Waals surface area contributed by atoms with Crippen LogP contribution in [0.15, 0.2) is 0 Å². The van der Waals surface area contributed by atoms with E-state index < -0.39 is 0 Å². The van der Waals surface area contributed by atoms with Gasteiger partial charge in [-0.15, -0.1) is 0 Å². The molecule has 1 rings (SSSR count). The maximum Gasteiger partial charge on any atom is 0.0628 e. The van der Waals surface area contributed by atoms with Gasteiger partial charge in [-0.3, -0.25) is 0 Å². The third-order valence-electron chi connectivity index (χ3n) is 1.46. The first-order valence-corrected chi connectivity index (χ1v) is 3.31. The second kappa shape index (κ2) is 3.05. The summed E-state index contributed by atoms with van der Waals surface area (Å²) < 4.78 is 0.